The van der Waals surface area contributed by atoms with E-state index in [-0.39, 0.29) is 30.6 Å². The van der Waals surface area contributed by atoms with Crippen LogP contribution in [0.1, 0.15) is 12.5 Å². The van der Waals surface area contributed by atoms with Crippen molar-refractivity contribution in [2.24, 2.45) is 11.8 Å². The molecule has 1 amide bonds. The molecule has 0 saturated carbocycles. The van der Waals surface area contributed by atoms with Crippen molar-refractivity contribution in [2.45, 2.75) is 13.3 Å². The Kier molecular flexibility index (Phi) is 3.83. The van der Waals surface area contributed by atoms with Crippen LogP contribution in [-0.2, 0) is 16.0 Å². The topological polar surface area (TPSA) is 57.6 Å². The lowest BCUT2D eigenvalue weighted by Gasteiger charge is -2.15. The molecule has 2 rings (SSSR count). The first-order chi connectivity index (χ1) is 8.97. The summed E-state index contributed by atoms with van der Waals surface area (Å²) in [5, 5.41) is 9.02. The molecule has 1 saturated heterocycles. The van der Waals surface area contributed by atoms with Gasteiger partial charge >= 0.3 is 5.97 Å². The van der Waals surface area contributed by atoms with Gasteiger partial charge in [0.05, 0.1) is 12.3 Å². The third-order valence-corrected chi connectivity index (χ3v) is 3.55. The van der Waals surface area contributed by atoms with Gasteiger partial charge in [-0.15, -0.1) is 0 Å². The number of nitrogens with zero attached hydrogens (tertiary/aromatic N) is 1. The monoisotopic (exact) mass is 265 g/mol. The predicted molar refractivity (Wildman–Crippen MR) is 67.0 cm³/mol. The summed E-state index contributed by atoms with van der Waals surface area (Å²) in [5.74, 6) is -1.82. The van der Waals surface area contributed by atoms with Gasteiger partial charge in [-0.05, 0) is 23.6 Å². The first-order valence-corrected chi connectivity index (χ1v) is 6.22. The number of carbonyl (C=O) groups excluding carboxylic acids is 1. The zero-order chi connectivity index (χ0) is 14.0. The summed E-state index contributed by atoms with van der Waals surface area (Å²) in [7, 11) is 0. The second-order valence-electron chi connectivity index (χ2n) is 5.02. The molecule has 1 aliphatic heterocycles. The molecule has 2 atom stereocenters. The van der Waals surface area contributed by atoms with E-state index in [4.69, 9.17) is 5.11 Å². The Morgan fingerprint density at radius 1 is 1.32 bits per heavy atom. The molecular formula is C14H16FNO3. The smallest absolute Gasteiger partial charge is 0.308 e. The molecule has 1 N–H and O–H groups in total. The van der Waals surface area contributed by atoms with Crippen LogP contribution in [0.5, 0.6) is 0 Å². The van der Waals surface area contributed by atoms with Gasteiger partial charge in [0.2, 0.25) is 5.91 Å². The molecular weight excluding hydrogens is 249 g/mol. The van der Waals surface area contributed by atoms with Crippen LogP contribution in [0.2, 0.25) is 0 Å². The predicted octanol–water partition coefficient (Wildman–Crippen LogP) is 1.55. The average molecular weight is 265 g/mol. The number of likely N-dealkylation sites (tertiary alicyclic amines) is 1. The molecule has 1 aromatic carbocycles. The minimum Gasteiger partial charge on any atom is -0.481 e. The van der Waals surface area contributed by atoms with Gasteiger partial charge in [0.25, 0.3) is 0 Å². The van der Waals surface area contributed by atoms with Crippen molar-refractivity contribution < 1.29 is 19.1 Å². The van der Waals surface area contributed by atoms with E-state index in [9.17, 15) is 14.0 Å². The van der Waals surface area contributed by atoms with Gasteiger partial charge in [-0.2, -0.15) is 0 Å². The van der Waals surface area contributed by atoms with Gasteiger partial charge in [0.1, 0.15) is 5.82 Å². The molecule has 102 valence electrons. The Hall–Kier alpha value is -1.91. The zero-order valence-electron chi connectivity index (χ0n) is 10.7. The molecule has 0 aliphatic carbocycles. The van der Waals surface area contributed by atoms with Crippen LogP contribution in [0.3, 0.4) is 0 Å². The maximum atomic E-state index is 12.8. The SMILES string of the molecule is C[C@@H]1CN(C(=O)Cc2ccc(F)cc2)C[C@H]1C(=O)O. The van der Waals surface area contributed by atoms with E-state index in [1.165, 1.54) is 12.1 Å². The van der Waals surface area contributed by atoms with Crippen molar-refractivity contribution >= 4 is 11.9 Å². The third kappa shape index (κ3) is 3.10. The fourth-order valence-electron chi connectivity index (χ4n) is 2.38. The Morgan fingerprint density at radius 3 is 2.47 bits per heavy atom. The van der Waals surface area contributed by atoms with Crippen LogP contribution in [-0.4, -0.2) is 35.0 Å². The molecule has 0 bridgehead atoms. The number of amides is 1. The number of halogens is 1. The van der Waals surface area contributed by atoms with E-state index >= 15 is 0 Å². The second kappa shape index (κ2) is 5.38. The van der Waals surface area contributed by atoms with Crippen molar-refractivity contribution in [3.63, 3.8) is 0 Å². The molecule has 0 aromatic heterocycles. The zero-order valence-corrected chi connectivity index (χ0v) is 10.7. The molecule has 0 spiro atoms. The van der Waals surface area contributed by atoms with E-state index in [1.807, 2.05) is 6.92 Å². The van der Waals surface area contributed by atoms with Gasteiger partial charge in [0.15, 0.2) is 0 Å². The van der Waals surface area contributed by atoms with Crippen LogP contribution < -0.4 is 0 Å². The van der Waals surface area contributed by atoms with Crippen molar-refractivity contribution in [1.29, 1.82) is 0 Å². The Balaban J connectivity index is 1.98. The summed E-state index contributed by atoms with van der Waals surface area (Å²) in [6.07, 6.45) is 0.180. The number of aliphatic carboxylic acids is 1. The molecule has 4 nitrogen and oxygen atoms in total. The fraction of sp³-hybridized carbons (Fsp3) is 0.429. The van der Waals surface area contributed by atoms with Crippen LogP contribution in [0.25, 0.3) is 0 Å². The molecule has 1 fully saturated rings. The molecule has 5 heteroatoms. The third-order valence-electron chi connectivity index (χ3n) is 3.55. The first-order valence-electron chi connectivity index (χ1n) is 6.22. The van der Waals surface area contributed by atoms with Gasteiger partial charge in [0, 0.05) is 13.1 Å². The summed E-state index contributed by atoms with van der Waals surface area (Å²) >= 11 is 0. The molecule has 1 heterocycles. The second-order valence-corrected chi connectivity index (χ2v) is 5.02. The number of rotatable bonds is 3. The lowest BCUT2D eigenvalue weighted by Crippen LogP contribution is -2.31. The number of carboxylic acids is 1. The minimum absolute atomic E-state index is 0.0327. The summed E-state index contributed by atoms with van der Waals surface area (Å²) in [6.45, 7) is 2.57. The van der Waals surface area contributed by atoms with Crippen LogP contribution in [0, 0.1) is 17.7 Å². The summed E-state index contributed by atoms with van der Waals surface area (Å²) in [6, 6.07) is 5.77. The summed E-state index contributed by atoms with van der Waals surface area (Å²) in [4.78, 5) is 24.6. The van der Waals surface area contributed by atoms with Gasteiger partial charge in [-0.1, -0.05) is 19.1 Å². The molecule has 0 radical (unpaired) electrons. The quantitative estimate of drug-likeness (QED) is 0.902. The highest BCUT2D eigenvalue weighted by molar-refractivity contribution is 5.80. The number of benzene rings is 1. The largest absolute Gasteiger partial charge is 0.481 e. The van der Waals surface area contributed by atoms with E-state index in [0.717, 1.165) is 5.56 Å². The summed E-state index contributed by atoms with van der Waals surface area (Å²) < 4.78 is 12.8. The van der Waals surface area contributed by atoms with Crippen molar-refractivity contribution in [2.75, 3.05) is 13.1 Å². The molecule has 19 heavy (non-hydrogen) atoms. The normalized spacial score (nSPS) is 22.5. The van der Waals surface area contributed by atoms with Gasteiger partial charge in [-0.3, -0.25) is 9.59 Å². The van der Waals surface area contributed by atoms with Crippen LogP contribution >= 0.6 is 0 Å². The average Bonchev–Trinajstić information content (AvgIpc) is 2.74. The van der Waals surface area contributed by atoms with Crippen LogP contribution in [0.15, 0.2) is 24.3 Å². The minimum atomic E-state index is -0.857. The molecule has 0 unspecified atom stereocenters. The van der Waals surface area contributed by atoms with E-state index in [1.54, 1.807) is 17.0 Å². The summed E-state index contributed by atoms with van der Waals surface area (Å²) in [5.41, 5.74) is 0.734. The number of carboxylic acid groups (broad SMARTS) is 1. The van der Waals surface area contributed by atoms with Crippen molar-refractivity contribution in [1.82, 2.24) is 4.90 Å². The Morgan fingerprint density at radius 2 is 1.95 bits per heavy atom. The molecule has 1 aliphatic rings. The Labute approximate surface area is 110 Å². The Bertz CT molecular complexity index is 486. The maximum Gasteiger partial charge on any atom is 0.308 e. The molecule has 1 aromatic rings. The van der Waals surface area contributed by atoms with Gasteiger partial charge in [-0.25, -0.2) is 4.39 Å². The highest BCUT2D eigenvalue weighted by atomic mass is 19.1. The lowest BCUT2D eigenvalue weighted by molar-refractivity contribution is -0.142. The van der Waals surface area contributed by atoms with Crippen molar-refractivity contribution in [3.05, 3.63) is 35.6 Å². The van der Waals surface area contributed by atoms with E-state index in [2.05, 4.69) is 0 Å². The number of hydrogen-bond acceptors (Lipinski definition) is 2. The number of hydrogen-bond donors (Lipinski definition) is 1. The van der Waals surface area contributed by atoms with Gasteiger partial charge < -0.3 is 10.0 Å². The lowest BCUT2D eigenvalue weighted by atomic mass is 9.99. The fourth-order valence-corrected chi connectivity index (χ4v) is 2.38. The van der Waals surface area contributed by atoms with Crippen molar-refractivity contribution in [3.8, 4) is 0 Å². The highest BCUT2D eigenvalue weighted by Gasteiger charge is 2.36. The first kappa shape index (κ1) is 13.5. The van der Waals surface area contributed by atoms with Crippen LogP contribution in [0.4, 0.5) is 4.39 Å². The standard InChI is InChI=1S/C14H16FNO3/c1-9-7-16(8-12(9)14(18)19)13(17)6-10-2-4-11(15)5-3-10/h2-5,9,12H,6-8H2,1H3,(H,18,19)/t9-,12-/m1/s1. The maximum absolute atomic E-state index is 12.8. The highest BCUT2D eigenvalue weighted by Crippen LogP contribution is 2.23. The van der Waals surface area contributed by atoms with E-state index < -0.39 is 11.9 Å². The van der Waals surface area contributed by atoms with E-state index in [0.29, 0.717) is 6.54 Å². The number of carbonyl (C=O) groups is 2.